The van der Waals surface area contributed by atoms with E-state index in [1.165, 1.54) is 0 Å². The Morgan fingerprint density at radius 3 is 2.88 bits per heavy atom. The molecule has 0 atom stereocenters. The molecule has 24 heavy (non-hydrogen) atoms. The molecule has 0 unspecified atom stereocenters. The lowest BCUT2D eigenvalue weighted by Gasteiger charge is -2.04. The summed E-state index contributed by atoms with van der Waals surface area (Å²) in [5.74, 6) is 0.270. The van der Waals surface area contributed by atoms with E-state index >= 15 is 0 Å². The second-order valence-corrected chi connectivity index (χ2v) is 5.76. The van der Waals surface area contributed by atoms with Crippen LogP contribution in [-0.4, -0.2) is 28.5 Å². The van der Waals surface area contributed by atoms with Gasteiger partial charge in [0.05, 0.1) is 13.0 Å². The molecular formula is C16H15ClN4O3. The largest absolute Gasteiger partial charge is 0.361 e. The Bertz CT molecular complexity index is 900. The predicted molar refractivity (Wildman–Crippen MR) is 89.9 cm³/mol. The van der Waals surface area contributed by atoms with Crippen LogP contribution >= 0.6 is 11.6 Å². The van der Waals surface area contributed by atoms with Gasteiger partial charge in [0.1, 0.15) is 5.76 Å². The van der Waals surface area contributed by atoms with E-state index in [2.05, 4.69) is 20.8 Å². The summed E-state index contributed by atoms with van der Waals surface area (Å²) in [6.07, 6.45) is 1.91. The van der Waals surface area contributed by atoms with Crippen molar-refractivity contribution in [1.82, 2.24) is 15.5 Å². The van der Waals surface area contributed by atoms with Gasteiger partial charge in [-0.1, -0.05) is 16.8 Å². The zero-order valence-electron chi connectivity index (χ0n) is 12.9. The van der Waals surface area contributed by atoms with Crippen LogP contribution in [0.5, 0.6) is 0 Å². The molecule has 0 spiro atoms. The van der Waals surface area contributed by atoms with Gasteiger partial charge in [-0.05, 0) is 30.7 Å². The molecule has 0 fully saturated rings. The molecule has 3 rings (SSSR count). The van der Waals surface area contributed by atoms with Gasteiger partial charge in [-0.15, -0.1) is 0 Å². The van der Waals surface area contributed by atoms with Crippen molar-refractivity contribution in [1.29, 1.82) is 0 Å². The number of anilines is 1. The molecular weight excluding hydrogens is 332 g/mol. The predicted octanol–water partition coefficient (Wildman–Crippen LogP) is 2.42. The molecule has 3 N–H and O–H groups in total. The van der Waals surface area contributed by atoms with Crippen molar-refractivity contribution in [2.24, 2.45) is 0 Å². The zero-order valence-corrected chi connectivity index (χ0v) is 13.6. The fourth-order valence-electron chi connectivity index (χ4n) is 2.32. The lowest BCUT2D eigenvalue weighted by molar-refractivity contribution is -0.123. The summed E-state index contributed by atoms with van der Waals surface area (Å²) in [7, 11) is 0. The smallest absolute Gasteiger partial charge is 0.245 e. The third-order valence-electron chi connectivity index (χ3n) is 3.42. The first-order valence-electron chi connectivity index (χ1n) is 7.26. The molecule has 3 aromatic rings. The van der Waals surface area contributed by atoms with Gasteiger partial charge in [0.15, 0.2) is 5.82 Å². The number of carbonyl (C=O) groups is 2. The molecule has 2 aromatic heterocycles. The van der Waals surface area contributed by atoms with Gasteiger partial charge in [0.2, 0.25) is 11.8 Å². The van der Waals surface area contributed by atoms with E-state index < -0.39 is 0 Å². The zero-order chi connectivity index (χ0) is 17.1. The Morgan fingerprint density at radius 2 is 2.12 bits per heavy atom. The monoisotopic (exact) mass is 346 g/mol. The maximum absolute atomic E-state index is 12.0. The molecule has 2 heterocycles. The van der Waals surface area contributed by atoms with Crippen LogP contribution in [0, 0.1) is 6.92 Å². The highest BCUT2D eigenvalue weighted by Gasteiger charge is 2.11. The maximum atomic E-state index is 12.0. The summed E-state index contributed by atoms with van der Waals surface area (Å²) in [6.45, 7) is 1.58. The first kappa shape index (κ1) is 16.1. The van der Waals surface area contributed by atoms with E-state index in [1.807, 2.05) is 6.07 Å². The molecule has 124 valence electrons. The van der Waals surface area contributed by atoms with Crippen molar-refractivity contribution in [2.75, 3.05) is 11.9 Å². The van der Waals surface area contributed by atoms with Gasteiger partial charge in [-0.2, -0.15) is 0 Å². The minimum atomic E-state index is -0.376. The second-order valence-electron chi connectivity index (χ2n) is 5.33. The maximum Gasteiger partial charge on any atom is 0.245 e. The number of fused-ring (bicyclic) bond motifs is 1. The first-order valence-corrected chi connectivity index (χ1v) is 7.64. The van der Waals surface area contributed by atoms with Crippen LogP contribution < -0.4 is 10.6 Å². The van der Waals surface area contributed by atoms with Gasteiger partial charge in [0.25, 0.3) is 0 Å². The Morgan fingerprint density at radius 1 is 1.29 bits per heavy atom. The summed E-state index contributed by atoms with van der Waals surface area (Å²) in [6, 6.07) is 7.03. The van der Waals surface area contributed by atoms with E-state index in [4.69, 9.17) is 16.1 Å². The number of nitrogens with one attached hydrogen (secondary N) is 3. The molecule has 0 saturated carbocycles. The van der Waals surface area contributed by atoms with Crippen LogP contribution in [0.4, 0.5) is 5.82 Å². The van der Waals surface area contributed by atoms with E-state index in [9.17, 15) is 9.59 Å². The summed E-state index contributed by atoms with van der Waals surface area (Å²) in [4.78, 5) is 26.9. The normalized spacial score (nSPS) is 10.8. The van der Waals surface area contributed by atoms with Gasteiger partial charge in [-0.3, -0.25) is 9.59 Å². The molecule has 8 heteroatoms. The minimum absolute atomic E-state index is 0.145. The van der Waals surface area contributed by atoms with Crippen LogP contribution in [-0.2, 0) is 16.0 Å². The van der Waals surface area contributed by atoms with Crippen LogP contribution in [0.1, 0.15) is 11.3 Å². The molecule has 0 aliphatic carbocycles. The number of H-pyrrole nitrogens is 1. The first-order chi connectivity index (χ1) is 11.5. The molecule has 0 saturated heterocycles. The van der Waals surface area contributed by atoms with E-state index in [1.54, 1.807) is 31.3 Å². The molecule has 0 bridgehead atoms. The third kappa shape index (κ3) is 3.75. The molecule has 7 nitrogen and oxygen atoms in total. The SMILES string of the molecule is Cc1cc(NC(=O)CNC(=O)Cc2c[nH]c3ccc(Cl)cc23)no1. The standard InChI is InChI=1S/C16H15ClN4O3/c1-9-4-14(21-24-9)20-16(23)8-19-15(22)5-10-7-18-13-3-2-11(17)6-12(10)13/h2-4,6-7,18H,5,8H2,1H3,(H,19,22)(H,20,21,23). The van der Waals surface area contributed by atoms with Gasteiger partial charge in [0, 0.05) is 28.2 Å². The van der Waals surface area contributed by atoms with Crippen LogP contribution in [0.2, 0.25) is 5.02 Å². The quantitative estimate of drug-likeness (QED) is 0.660. The number of amides is 2. The molecule has 0 aliphatic rings. The highest BCUT2D eigenvalue weighted by Crippen LogP contribution is 2.22. The number of aromatic amines is 1. The lowest BCUT2D eigenvalue weighted by Crippen LogP contribution is -2.33. The second kappa shape index (κ2) is 6.76. The molecule has 0 radical (unpaired) electrons. The van der Waals surface area contributed by atoms with Crippen LogP contribution in [0.15, 0.2) is 35.0 Å². The van der Waals surface area contributed by atoms with Crippen molar-refractivity contribution >= 4 is 40.1 Å². The van der Waals surface area contributed by atoms with E-state index in [0.717, 1.165) is 16.5 Å². The van der Waals surface area contributed by atoms with Gasteiger partial charge < -0.3 is 20.1 Å². The van der Waals surface area contributed by atoms with Crippen molar-refractivity contribution in [3.63, 3.8) is 0 Å². The summed E-state index contributed by atoms with van der Waals surface area (Å²) in [5, 5.41) is 10.2. The highest BCUT2D eigenvalue weighted by molar-refractivity contribution is 6.31. The minimum Gasteiger partial charge on any atom is -0.361 e. The van der Waals surface area contributed by atoms with Gasteiger partial charge in [-0.25, -0.2) is 0 Å². The fraction of sp³-hybridized carbons (Fsp3) is 0.188. The lowest BCUT2D eigenvalue weighted by atomic mass is 10.1. The fourth-order valence-corrected chi connectivity index (χ4v) is 2.50. The topological polar surface area (TPSA) is 100 Å². The average molecular weight is 347 g/mol. The number of hydrogen-bond donors (Lipinski definition) is 3. The van der Waals surface area contributed by atoms with E-state index in [0.29, 0.717) is 16.6 Å². The Labute approximate surface area is 142 Å². The summed E-state index contributed by atoms with van der Waals surface area (Å²) >= 11 is 5.98. The summed E-state index contributed by atoms with van der Waals surface area (Å²) in [5.41, 5.74) is 1.72. The third-order valence-corrected chi connectivity index (χ3v) is 3.66. The van der Waals surface area contributed by atoms with Crippen molar-refractivity contribution in [2.45, 2.75) is 13.3 Å². The Kier molecular flexibility index (Phi) is 4.52. The van der Waals surface area contributed by atoms with Crippen molar-refractivity contribution in [3.05, 3.63) is 46.8 Å². The van der Waals surface area contributed by atoms with Crippen LogP contribution in [0.3, 0.4) is 0 Å². The molecule has 2 amide bonds. The number of aromatic nitrogens is 2. The average Bonchev–Trinajstić information content (AvgIpc) is 3.12. The number of rotatable bonds is 5. The number of nitrogens with zero attached hydrogens (tertiary/aromatic N) is 1. The van der Waals surface area contributed by atoms with Gasteiger partial charge >= 0.3 is 0 Å². The highest BCUT2D eigenvalue weighted by atomic mass is 35.5. The number of halogens is 1. The van der Waals surface area contributed by atoms with Crippen molar-refractivity contribution in [3.8, 4) is 0 Å². The summed E-state index contributed by atoms with van der Waals surface area (Å²) < 4.78 is 4.85. The number of carbonyl (C=O) groups excluding carboxylic acids is 2. The van der Waals surface area contributed by atoms with Crippen molar-refractivity contribution < 1.29 is 14.1 Å². The molecule has 1 aromatic carbocycles. The number of hydrogen-bond acceptors (Lipinski definition) is 4. The Balaban J connectivity index is 1.55. The number of benzene rings is 1. The number of aryl methyl sites for hydroxylation is 1. The Hall–Kier alpha value is -2.80. The molecule has 0 aliphatic heterocycles. The van der Waals surface area contributed by atoms with E-state index in [-0.39, 0.29) is 24.8 Å². The van der Waals surface area contributed by atoms with Crippen LogP contribution in [0.25, 0.3) is 10.9 Å².